The monoisotopic (exact) mass is 370 g/mol. The first-order valence-corrected chi connectivity index (χ1v) is 9.08. The molecule has 0 aliphatic carbocycles. The van der Waals surface area contributed by atoms with Crippen molar-refractivity contribution in [2.45, 2.75) is 39.0 Å². The summed E-state index contributed by atoms with van der Waals surface area (Å²) in [5.41, 5.74) is 2.29. The van der Waals surface area contributed by atoms with Crippen molar-refractivity contribution in [1.82, 2.24) is 19.5 Å². The second-order valence-electron chi connectivity index (χ2n) is 6.83. The Labute approximate surface area is 158 Å². The van der Waals surface area contributed by atoms with E-state index in [2.05, 4.69) is 39.4 Å². The zero-order valence-corrected chi connectivity index (χ0v) is 15.8. The normalized spacial score (nSPS) is 13.7. The summed E-state index contributed by atoms with van der Waals surface area (Å²) in [6.45, 7) is 6.05. The molecule has 0 amide bonds. The third kappa shape index (κ3) is 4.35. The summed E-state index contributed by atoms with van der Waals surface area (Å²) < 4.78 is 1.96. The molecule has 0 saturated carbocycles. The Balaban J connectivity index is 2.01. The molecule has 4 N–H and O–H groups in total. The zero-order valence-electron chi connectivity index (χ0n) is 15.8. The summed E-state index contributed by atoms with van der Waals surface area (Å²) in [6, 6.07) is 9.56. The quantitative estimate of drug-likeness (QED) is 0.482. The standard InChI is InChI=1S/C19H26N6O2/c1-12(2)25-11-21-16-17(22-15(10-26)14-7-5-4-6-8-14)23-19(24-18(16)25)20-9-13(3)27/h4-8,11-13,15,26-27H,9-10H2,1-3H3,(H2,20,22,23,24)/t13-,15-/m1/s1. The highest BCUT2D eigenvalue weighted by atomic mass is 16.3. The van der Waals surface area contributed by atoms with E-state index in [1.807, 2.05) is 34.9 Å². The fourth-order valence-electron chi connectivity index (χ4n) is 2.80. The lowest BCUT2D eigenvalue weighted by Gasteiger charge is -2.18. The van der Waals surface area contributed by atoms with Gasteiger partial charge in [-0.15, -0.1) is 0 Å². The van der Waals surface area contributed by atoms with Gasteiger partial charge < -0.3 is 25.4 Å². The molecule has 2 heterocycles. The number of nitrogens with one attached hydrogen (secondary N) is 2. The number of anilines is 2. The van der Waals surface area contributed by atoms with Crippen LogP contribution in [0.5, 0.6) is 0 Å². The van der Waals surface area contributed by atoms with E-state index in [1.165, 1.54) is 0 Å². The Kier molecular flexibility index (Phi) is 5.88. The molecule has 0 bridgehead atoms. The number of aromatic nitrogens is 4. The van der Waals surface area contributed by atoms with Crippen LogP contribution in [0, 0.1) is 0 Å². The minimum absolute atomic E-state index is 0.0865. The van der Waals surface area contributed by atoms with Crippen molar-refractivity contribution in [2.75, 3.05) is 23.8 Å². The lowest BCUT2D eigenvalue weighted by molar-refractivity contribution is 0.208. The first-order valence-electron chi connectivity index (χ1n) is 9.08. The van der Waals surface area contributed by atoms with E-state index in [9.17, 15) is 10.2 Å². The number of imidazole rings is 1. The highest BCUT2D eigenvalue weighted by Gasteiger charge is 2.18. The van der Waals surface area contributed by atoms with E-state index in [1.54, 1.807) is 13.3 Å². The predicted octanol–water partition coefficient (Wildman–Crippen LogP) is 2.35. The molecule has 0 fully saturated rings. The predicted molar refractivity (Wildman–Crippen MR) is 106 cm³/mol. The molecule has 0 aliphatic heterocycles. The van der Waals surface area contributed by atoms with Gasteiger partial charge in [-0.3, -0.25) is 0 Å². The van der Waals surface area contributed by atoms with Crippen LogP contribution < -0.4 is 10.6 Å². The Bertz CT molecular complexity index is 879. The lowest BCUT2D eigenvalue weighted by Crippen LogP contribution is -2.19. The van der Waals surface area contributed by atoms with Crippen LogP contribution in [0.4, 0.5) is 11.8 Å². The largest absolute Gasteiger partial charge is 0.394 e. The fourth-order valence-corrected chi connectivity index (χ4v) is 2.80. The second-order valence-corrected chi connectivity index (χ2v) is 6.83. The van der Waals surface area contributed by atoms with Crippen molar-refractivity contribution in [3.63, 3.8) is 0 Å². The maximum atomic E-state index is 9.87. The summed E-state index contributed by atoms with van der Waals surface area (Å²) >= 11 is 0. The van der Waals surface area contributed by atoms with Crippen molar-refractivity contribution in [2.24, 2.45) is 0 Å². The number of hydrogen-bond donors (Lipinski definition) is 4. The van der Waals surface area contributed by atoms with E-state index in [-0.39, 0.29) is 18.7 Å². The van der Waals surface area contributed by atoms with E-state index in [0.717, 1.165) is 5.56 Å². The third-order valence-corrected chi connectivity index (χ3v) is 4.23. The number of fused-ring (bicyclic) bond motifs is 1. The van der Waals surface area contributed by atoms with Crippen LogP contribution in [-0.4, -0.2) is 49.0 Å². The van der Waals surface area contributed by atoms with Crippen molar-refractivity contribution in [3.8, 4) is 0 Å². The van der Waals surface area contributed by atoms with Crippen molar-refractivity contribution >= 4 is 22.9 Å². The molecule has 2 aromatic heterocycles. The van der Waals surface area contributed by atoms with Crippen LogP contribution in [0.25, 0.3) is 11.2 Å². The molecule has 27 heavy (non-hydrogen) atoms. The van der Waals surface area contributed by atoms with Gasteiger partial charge in [0.1, 0.15) is 0 Å². The summed E-state index contributed by atoms with van der Waals surface area (Å²) in [5.74, 6) is 0.938. The van der Waals surface area contributed by atoms with E-state index in [4.69, 9.17) is 0 Å². The number of hydrogen-bond acceptors (Lipinski definition) is 7. The molecule has 8 heteroatoms. The molecule has 0 saturated heterocycles. The summed E-state index contributed by atoms with van der Waals surface area (Å²) in [7, 11) is 0. The first-order chi connectivity index (χ1) is 13.0. The van der Waals surface area contributed by atoms with Gasteiger partial charge in [0, 0.05) is 12.6 Å². The topological polar surface area (TPSA) is 108 Å². The molecule has 3 rings (SSSR count). The first kappa shape index (κ1) is 19.1. The van der Waals surface area contributed by atoms with Crippen molar-refractivity contribution in [3.05, 3.63) is 42.2 Å². The molecule has 2 atom stereocenters. The number of nitrogens with zero attached hydrogens (tertiary/aromatic N) is 4. The zero-order chi connectivity index (χ0) is 19.4. The fraction of sp³-hybridized carbons (Fsp3) is 0.421. The van der Waals surface area contributed by atoms with Gasteiger partial charge in [-0.05, 0) is 26.3 Å². The van der Waals surface area contributed by atoms with E-state index >= 15 is 0 Å². The molecular formula is C19H26N6O2. The molecule has 3 aromatic rings. The molecule has 0 radical (unpaired) electrons. The van der Waals surface area contributed by atoms with Crippen LogP contribution in [0.2, 0.25) is 0 Å². The van der Waals surface area contributed by atoms with Crippen LogP contribution in [0.1, 0.15) is 38.4 Å². The Morgan fingerprint density at radius 1 is 1.11 bits per heavy atom. The molecule has 0 aliphatic rings. The molecule has 8 nitrogen and oxygen atoms in total. The molecule has 0 spiro atoms. The summed E-state index contributed by atoms with van der Waals surface area (Å²) in [6.07, 6.45) is 1.22. The number of benzene rings is 1. The van der Waals surface area contributed by atoms with Crippen molar-refractivity contribution in [1.29, 1.82) is 0 Å². The SMILES string of the molecule is CC(C)n1cnc2c(N[C@H](CO)c3ccccc3)nc(NC[C@@H](C)O)nc21. The molecule has 0 unspecified atom stereocenters. The molecule has 144 valence electrons. The Hall–Kier alpha value is -2.71. The molecule has 1 aromatic carbocycles. The number of aliphatic hydroxyl groups excluding tert-OH is 2. The summed E-state index contributed by atoms with van der Waals surface area (Å²) in [4.78, 5) is 13.6. The Morgan fingerprint density at radius 3 is 2.48 bits per heavy atom. The van der Waals surface area contributed by atoms with Gasteiger partial charge in [-0.2, -0.15) is 9.97 Å². The van der Waals surface area contributed by atoms with E-state index in [0.29, 0.717) is 29.5 Å². The van der Waals surface area contributed by atoms with Crippen LogP contribution in [-0.2, 0) is 0 Å². The smallest absolute Gasteiger partial charge is 0.226 e. The second kappa shape index (κ2) is 8.32. The summed E-state index contributed by atoms with van der Waals surface area (Å²) in [5, 5.41) is 25.8. The average Bonchev–Trinajstić information content (AvgIpc) is 3.09. The van der Waals surface area contributed by atoms with Gasteiger partial charge in [0.2, 0.25) is 5.95 Å². The average molecular weight is 370 g/mol. The van der Waals surface area contributed by atoms with Gasteiger partial charge in [-0.25, -0.2) is 4.98 Å². The molecular weight excluding hydrogens is 344 g/mol. The maximum absolute atomic E-state index is 9.87. The number of aliphatic hydroxyl groups is 2. The minimum atomic E-state index is -0.523. The van der Waals surface area contributed by atoms with Gasteiger partial charge in [0.05, 0.1) is 25.1 Å². The van der Waals surface area contributed by atoms with Crippen molar-refractivity contribution < 1.29 is 10.2 Å². The minimum Gasteiger partial charge on any atom is -0.394 e. The number of rotatable bonds is 8. The highest BCUT2D eigenvalue weighted by molar-refractivity contribution is 5.84. The van der Waals surface area contributed by atoms with Gasteiger partial charge in [-0.1, -0.05) is 30.3 Å². The maximum Gasteiger partial charge on any atom is 0.226 e. The van der Waals surface area contributed by atoms with Gasteiger partial charge in [0.15, 0.2) is 17.0 Å². The van der Waals surface area contributed by atoms with E-state index < -0.39 is 6.10 Å². The lowest BCUT2D eigenvalue weighted by atomic mass is 10.1. The van der Waals surface area contributed by atoms with Gasteiger partial charge in [0.25, 0.3) is 0 Å². The van der Waals surface area contributed by atoms with Crippen LogP contribution >= 0.6 is 0 Å². The highest BCUT2D eigenvalue weighted by Crippen LogP contribution is 2.26. The Morgan fingerprint density at radius 2 is 1.85 bits per heavy atom. The third-order valence-electron chi connectivity index (χ3n) is 4.23. The van der Waals surface area contributed by atoms with Crippen LogP contribution in [0.3, 0.4) is 0 Å². The van der Waals surface area contributed by atoms with Gasteiger partial charge >= 0.3 is 0 Å². The van der Waals surface area contributed by atoms with Crippen LogP contribution in [0.15, 0.2) is 36.7 Å².